The quantitative estimate of drug-likeness (QED) is 0.527. The van der Waals surface area contributed by atoms with Crippen molar-refractivity contribution in [2.24, 2.45) is 0 Å². The van der Waals surface area contributed by atoms with Gasteiger partial charge in [0, 0.05) is 5.56 Å². The number of benzene rings is 1. The van der Waals surface area contributed by atoms with E-state index < -0.39 is 0 Å². The van der Waals surface area contributed by atoms with Gasteiger partial charge in [-0.1, -0.05) is 11.6 Å². The van der Waals surface area contributed by atoms with Gasteiger partial charge < -0.3 is 0 Å². The molecule has 0 unspecified atom stereocenters. The second kappa shape index (κ2) is 4.43. The molecule has 0 aliphatic heterocycles. The minimum absolute atomic E-state index is 0.107. The van der Waals surface area contributed by atoms with Crippen LogP contribution >= 0.6 is 0 Å². The van der Waals surface area contributed by atoms with Gasteiger partial charge in [0.15, 0.2) is 5.78 Å². The van der Waals surface area contributed by atoms with Crippen LogP contribution < -0.4 is 0 Å². The summed E-state index contributed by atoms with van der Waals surface area (Å²) < 4.78 is 0. The van der Waals surface area contributed by atoms with E-state index in [9.17, 15) is 4.79 Å². The standard InChI is InChI=1S/C14H18O/c1-9(2)6-14(15)13-8-11(4)10(3)7-12(13)5/h6-8H,1-5H3. The first-order valence-corrected chi connectivity index (χ1v) is 5.19. The Hall–Kier alpha value is -1.37. The summed E-state index contributed by atoms with van der Waals surface area (Å²) in [5.41, 5.74) is 5.32. The first-order chi connectivity index (χ1) is 6.91. The number of carbonyl (C=O) groups is 1. The second-order valence-electron chi connectivity index (χ2n) is 4.34. The molecule has 80 valence electrons. The molecular weight excluding hydrogens is 184 g/mol. The Labute approximate surface area is 91.8 Å². The minimum Gasteiger partial charge on any atom is -0.289 e. The number of hydrogen-bond donors (Lipinski definition) is 0. The van der Waals surface area contributed by atoms with E-state index in [1.54, 1.807) is 6.08 Å². The van der Waals surface area contributed by atoms with Crippen LogP contribution in [0, 0.1) is 20.8 Å². The zero-order chi connectivity index (χ0) is 11.6. The Morgan fingerprint density at radius 1 is 1.00 bits per heavy atom. The largest absolute Gasteiger partial charge is 0.289 e. The Balaban J connectivity index is 3.21. The van der Waals surface area contributed by atoms with Crippen molar-refractivity contribution in [3.05, 3.63) is 46.0 Å². The molecule has 0 spiro atoms. The highest BCUT2D eigenvalue weighted by atomic mass is 16.1. The molecule has 0 saturated heterocycles. The van der Waals surface area contributed by atoms with Gasteiger partial charge >= 0.3 is 0 Å². The number of ketones is 1. The van der Waals surface area contributed by atoms with Gasteiger partial charge in [-0.15, -0.1) is 0 Å². The maximum Gasteiger partial charge on any atom is 0.186 e. The van der Waals surface area contributed by atoms with Crippen LogP contribution in [0.3, 0.4) is 0 Å². The molecule has 1 aromatic rings. The predicted octanol–water partition coefficient (Wildman–Crippen LogP) is 3.76. The molecular formula is C14H18O. The lowest BCUT2D eigenvalue weighted by Gasteiger charge is -2.07. The van der Waals surface area contributed by atoms with E-state index in [0.717, 1.165) is 16.7 Å². The van der Waals surface area contributed by atoms with E-state index in [2.05, 4.69) is 13.0 Å². The van der Waals surface area contributed by atoms with E-state index in [-0.39, 0.29) is 5.78 Å². The van der Waals surface area contributed by atoms with Crippen molar-refractivity contribution in [1.29, 1.82) is 0 Å². The smallest absolute Gasteiger partial charge is 0.186 e. The monoisotopic (exact) mass is 202 g/mol. The zero-order valence-corrected chi connectivity index (χ0v) is 10.1. The molecule has 0 atom stereocenters. The van der Waals surface area contributed by atoms with Gasteiger partial charge in [0.05, 0.1) is 0 Å². The summed E-state index contributed by atoms with van der Waals surface area (Å²) in [6, 6.07) is 4.05. The van der Waals surface area contributed by atoms with Crippen molar-refractivity contribution in [3.63, 3.8) is 0 Å². The molecule has 0 bridgehead atoms. The molecule has 1 nitrogen and oxygen atoms in total. The summed E-state index contributed by atoms with van der Waals surface area (Å²) in [5.74, 6) is 0.107. The van der Waals surface area contributed by atoms with Gasteiger partial charge in [-0.3, -0.25) is 4.79 Å². The number of hydrogen-bond acceptors (Lipinski definition) is 1. The Morgan fingerprint density at radius 3 is 2.07 bits per heavy atom. The SMILES string of the molecule is CC(C)=CC(=O)c1cc(C)c(C)cc1C. The highest BCUT2D eigenvalue weighted by Gasteiger charge is 2.07. The van der Waals surface area contributed by atoms with Crippen LogP contribution in [0.5, 0.6) is 0 Å². The summed E-state index contributed by atoms with van der Waals surface area (Å²) in [6.45, 7) is 9.96. The van der Waals surface area contributed by atoms with Gasteiger partial charge in [-0.2, -0.15) is 0 Å². The molecule has 0 amide bonds. The number of rotatable bonds is 2. The molecule has 1 aromatic carbocycles. The average Bonchev–Trinajstić information content (AvgIpc) is 2.09. The van der Waals surface area contributed by atoms with E-state index >= 15 is 0 Å². The number of allylic oxidation sites excluding steroid dienone is 2. The van der Waals surface area contributed by atoms with Crippen LogP contribution in [0.1, 0.15) is 40.9 Å². The lowest BCUT2D eigenvalue weighted by atomic mass is 9.97. The highest BCUT2D eigenvalue weighted by Crippen LogP contribution is 2.16. The van der Waals surface area contributed by atoms with Gasteiger partial charge in [0.1, 0.15) is 0 Å². The van der Waals surface area contributed by atoms with Crippen molar-refractivity contribution in [2.75, 3.05) is 0 Å². The van der Waals surface area contributed by atoms with Crippen molar-refractivity contribution >= 4 is 5.78 Å². The number of carbonyl (C=O) groups excluding carboxylic acids is 1. The van der Waals surface area contributed by atoms with Gasteiger partial charge in [-0.25, -0.2) is 0 Å². The Bertz CT molecular complexity index is 421. The molecule has 0 aliphatic carbocycles. The van der Waals surface area contributed by atoms with Crippen molar-refractivity contribution in [1.82, 2.24) is 0 Å². The summed E-state index contributed by atoms with van der Waals surface area (Å²) in [4.78, 5) is 11.9. The third-order valence-electron chi connectivity index (χ3n) is 2.53. The first-order valence-electron chi connectivity index (χ1n) is 5.19. The minimum atomic E-state index is 0.107. The lowest BCUT2D eigenvalue weighted by Crippen LogP contribution is -2.00. The highest BCUT2D eigenvalue weighted by molar-refractivity contribution is 6.06. The molecule has 0 N–H and O–H groups in total. The van der Waals surface area contributed by atoms with E-state index in [0.29, 0.717) is 0 Å². The fourth-order valence-electron chi connectivity index (χ4n) is 1.57. The summed E-state index contributed by atoms with van der Waals surface area (Å²) in [7, 11) is 0. The van der Waals surface area contributed by atoms with Crippen molar-refractivity contribution < 1.29 is 4.79 Å². The maximum atomic E-state index is 11.9. The summed E-state index contributed by atoms with van der Waals surface area (Å²) in [5, 5.41) is 0. The zero-order valence-electron chi connectivity index (χ0n) is 10.1. The lowest BCUT2D eigenvalue weighted by molar-refractivity contribution is 0.104. The van der Waals surface area contributed by atoms with Crippen molar-refractivity contribution in [3.8, 4) is 0 Å². The topological polar surface area (TPSA) is 17.1 Å². The molecule has 1 heteroatoms. The molecule has 0 fully saturated rings. The average molecular weight is 202 g/mol. The third kappa shape index (κ3) is 2.79. The van der Waals surface area contributed by atoms with Gasteiger partial charge in [0.25, 0.3) is 0 Å². The van der Waals surface area contributed by atoms with Crippen LogP contribution in [-0.4, -0.2) is 5.78 Å². The van der Waals surface area contributed by atoms with Crippen LogP contribution in [0.15, 0.2) is 23.8 Å². The van der Waals surface area contributed by atoms with Crippen LogP contribution in [-0.2, 0) is 0 Å². The van der Waals surface area contributed by atoms with Crippen LogP contribution in [0.25, 0.3) is 0 Å². The summed E-state index contributed by atoms with van der Waals surface area (Å²) in [6.07, 6.45) is 1.69. The van der Waals surface area contributed by atoms with E-state index in [1.165, 1.54) is 11.1 Å². The molecule has 1 rings (SSSR count). The summed E-state index contributed by atoms with van der Waals surface area (Å²) >= 11 is 0. The molecule has 0 aromatic heterocycles. The Kier molecular flexibility index (Phi) is 3.46. The van der Waals surface area contributed by atoms with Gasteiger partial charge in [0.2, 0.25) is 0 Å². The fourth-order valence-corrected chi connectivity index (χ4v) is 1.57. The molecule has 0 radical (unpaired) electrons. The number of aryl methyl sites for hydroxylation is 3. The molecule has 0 saturated carbocycles. The van der Waals surface area contributed by atoms with Crippen LogP contribution in [0.2, 0.25) is 0 Å². The third-order valence-corrected chi connectivity index (χ3v) is 2.53. The second-order valence-corrected chi connectivity index (χ2v) is 4.34. The van der Waals surface area contributed by atoms with Crippen LogP contribution in [0.4, 0.5) is 0 Å². The predicted molar refractivity (Wildman–Crippen MR) is 64.4 cm³/mol. The first kappa shape index (κ1) is 11.7. The molecule has 15 heavy (non-hydrogen) atoms. The van der Waals surface area contributed by atoms with E-state index in [4.69, 9.17) is 0 Å². The van der Waals surface area contributed by atoms with Gasteiger partial charge in [-0.05, 0) is 63.5 Å². The Morgan fingerprint density at radius 2 is 1.53 bits per heavy atom. The molecule has 0 aliphatic rings. The molecule has 0 heterocycles. The van der Waals surface area contributed by atoms with Crippen molar-refractivity contribution in [2.45, 2.75) is 34.6 Å². The maximum absolute atomic E-state index is 11.9. The van der Waals surface area contributed by atoms with E-state index in [1.807, 2.05) is 33.8 Å². The normalized spacial score (nSPS) is 9.93. The fraction of sp³-hybridized carbons (Fsp3) is 0.357.